The van der Waals surface area contributed by atoms with E-state index in [1.807, 2.05) is 0 Å². The van der Waals surface area contributed by atoms with Crippen molar-refractivity contribution in [2.24, 2.45) is 0 Å². The molecule has 7 heterocycles. The number of anilines is 1. The van der Waals surface area contributed by atoms with Gasteiger partial charge in [0.2, 0.25) is 0 Å². The molecular weight excluding hydrogens is 744 g/mol. The van der Waals surface area contributed by atoms with Crippen molar-refractivity contribution in [3.8, 4) is 0 Å². The van der Waals surface area contributed by atoms with Gasteiger partial charge < -0.3 is 39.2 Å². The molecule has 0 aliphatic carbocycles. The molecule has 0 amide bonds. The number of aliphatic hydroxyl groups excluding tert-OH is 1. The highest BCUT2D eigenvalue weighted by atomic mass is 32.7. The minimum Gasteiger partial charge on any atom is -0.432 e. The topological polar surface area (TPSA) is 262 Å². The molecule has 50 heavy (non-hydrogen) atoms. The van der Waals surface area contributed by atoms with E-state index in [0.717, 1.165) is 0 Å². The molecule has 2 bridgehead atoms. The number of hydrogen-bond donors (Lipinski definition) is 4. The van der Waals surface area contributed by atoms with Crippen LogP contribution in [0.15, 0.2) is 25.3 Å². The van der Waals surface area contributed by atoms with E-state index in [1.54, 1.807) is 20.8 Å². The highest BCUT2D eigenvalue weighted by Gasteiger charge is 2.55. The van der Waals surface area contributed by atoms with Crippen molar-refractivity contribution in [3.63, 3.8) is 0 Å². The standard InChI is InChI=1S/C25H31N9O12P2S2/c1-10(2)41-25(36)44-19-17-13(43-24(19)33-8-31-14-11(3)27-6-29-21(14)33)5-40-48(38,50)46-18-16(35)12(4-39-47(37,49)45-17)42-23(18)34-9-32-15-20(26)28-7-30-22(15)34/h6-10,12-13,16-19,23-24,35H,4-5H2,1-3H3,(H,37,49)(H,38,50)(H2,26,28,30)/t12-,13-,16-,17-,18-,19-,23-,24-,47?,48?/m1/s1. The van der Waals surface area contributed by atoms with Crippen LogP contribution in [0.1, 0.15) is 32.0 Å². The number of rotatable bonds is 4. The summed E-state index contributed by atoms with van der Waals surface area (Å²) in [5.41, 5.74) is 7.72. The van der Waals surface area contributed by atoms with Crippen LogP contribution in [0.5, 0.6) is 0 Å². The molecule has 7 rings (SSSR count). The molecule has 0 radical (unpaired) electrons. The number of thiol groups is 1. The summed E-state index contributed by atoms with van der Waals surface area (Å²) in [5, 5.41) is 11.3. The fourth-order valence-electron chi connectivity index (χ4n) is 5.76. The summed E-state index contributed by atoms with van der Waals surface area (Å²) in [6, 6.07) is 0. The van der Waals surface area contributed by atoms with E-state index in [4.69, 9.17) is 54.6 Å². The molecular formula is C25H31N9O12P2S2. The molecule has 4 aromatic heterocycles. The number of aliphatic hydroxyl groups is 1. The molecule has 3 aliphatic heterocycles. The summed E-state index contributed by atoms with van der Waals surface area (Å²) in [4.78, 5) is 49.3. The molecule has 21 nitrogen and oxygen atoms in total. The SMILES string of the molecule is Cc1ncnc2c1ncn2[C@@H]1O[C@@H]2COP(O)(=S)O[C@@H]3[C@H](O)[C@@H](COP(=O)(S)O[C@H]2[C@H]1OC(=O)OC(C)C)O[C@H]3n1cnc2c(N)ncnc21. The molecule has 2 unspecified atom stereocenters. The molecule has 3 fully saturated rings. The van der Waals surface area contributed by atoms with Gasteiger partial charge in [-0.25, -0.2) is 39.3 Å². The van der Waals surface area contributed by atoms with Crippen molar-refractivity contribution in [1.29, 1.82) is 0 Å². The summed E-state index contributed by atoms with van der Waals surface area (Å²) in [6.07, 6.45) is -7.05. The minimum atomic E-state index is -4.40. The van der Waals surface area contributed by atoms with Crippen LogP contribution in [-0.2, 0) is 53.4 Å². The van der Waals surface area contributed by atoms with Gasteiger partial charge in [0.05, 0.1) is 37.7 Å². The van der Waals surface area contributed by atoms with Gasteiger partial charge in [0.15, 0.2) is 35.7 Å². The molecule has 4 N–H and O–H groups in total. The molecule has 4 aromatic rings. The van der Waals surface area contributed by atoms with Gasteiger partial charge in [0, 0.05) is 0 Å². The Morgan fingerprint density at radius 2 is 1.62 bits per heavy atom. The number of fused-ring (bicyclic) bond motifs is 5. The van der Waals surface area contributed by atoms with E-state index in [2.05, 4.69) is 42.2 Å². The molecule has 270 valence electrons. The zero-order chi connectivity index (χ0) is 35.5. The number of hydrogen-bond acceptors (Lipinski definition) is 19. The molecule has 10 atom stereocenters. The van der Waals surface area contributed by atoms with Gasteiger partial charge in [-0.15, -0.1) is 0 Å². The molecule has 25 heteroatoms. The van der Waals surface area contributed by atoms with Crippen LogP contribution in [0, 0.1) is 6.92 Å². The Balaban J connectivity index is 1.23. The Hall–Kier alpha value is -2.92. The van der Waals surface area contributed by atoms with Crippen LogP contribution in [0.3, 0.4) is 0 Å². The Kier molecular flexibility index (Phi) is 9.63. The number of aromatic nitrogens is 8. The smallest absolute Gasteiger partial charge is 0.432 e. The second kappa shape index (κ2) is 13.6. The van der Waals surface area contributed by atoms with Gasteiger partial charge in [-0.2, -0.15) is 0 Å². The number of carbonyl (C=O) groups is 1. The Labute approximate surface area is 292 Å². The van der Waals surface area contributed by atoms with Crippen LogP contribution in [-0.4, -0.2) is 111 Å². The lowest BCUT2D eigenvalue weighted by Gasteiger charge is -2.28. The minimum absolute atomic E-state index is 0.0889. The maximum Gasteiger partial charge on any atom is 0.509 e. The molecule has 3 saturated heterocycles. The van der Waals surface area contributed by atoms with Gasteiger partial charge in [-0.3, -0.25) is 22.7 Å². The maximum atomic E-state index is 13.8. The monoisotopic (exact) mass is 775 g/mol. The number of ether oxygens (including phenoxy) is 4. The van der Waals surface area contributed by atoms with Crippen LogP contribution in [0.4, 0.5) is 10.6 Å². The normalized spacial score (nSPS) is 35.0. The summed E-state index contributed by atoms with van der Waals surface area (Å²) in [6.45, 7) is -4.79. The average Bonchev–Trinajstić information content (AvgIpc) is 3.80. The lowest BCUT2D eigenvalue weighted by atomic mass is 10.1. The van der Waals surface area contributed by atoms with Crippen molar-refractivity contribution in [1.82, 2.24) is 39.0 Å². The Bertz CT molecular complexity index is 2020. The van der Waals surface area contributed by atoms with Crippen molar-refractivity contribution in [2.75, 3.05) is 18.9 Å². The molecule has 3 aliphatic rings. The van der Waals surface area contributed by atoms with Crippen LogP contribution in [0.2, 0.25) is 0 Å². The summed E-state index contributed by atoms with van der Waals surface area (Å²) in [7, 11) is 0. The zero-order valence-electron chi connectivity index (χ0n) is 26.3. The van der Waals surface area contributed by atoms with E-state index in [1.165, 1.54) is 34.4 Å². The van der Waals surface area contributed by atoms with E-state index in [9.17, 15) is 19.4 Å². The lowest BCUT2D eigenvalue weighted by molar-refractivity contribution is -0.0669. The largest absolute Gasteiger partial charge is 0.509 e. The van der Waals surface area contributed by atoms with Crippen molar-refractivity contribution < 1.29 is 56.4 Å². The van der Waals surface area contributed by atoms with Crippen molar-refractivity contribution in [2.45, 2.75) is 76.0 Å². The maximum absolute atomic E-state index is 13.8. The summed E-state index contributed by atoms with van der Waals surface area (Å²) < 4.78 is 63.0. The van der Waals surface area contributed by atoms with Gasteiger partial charge in [0.25, 0.3) is 0 Å². The van der Waals surface area contributed by atoms with Gasteiger partial charge in [0.1, 0.15) is 54.2 Å². The quantitative estimate of drug-likeness (QED) is 0.131. The van der Waals surface area contributed by atoms with Gasteiger partial charge in [-0.05, 0) is 32.6 Å². The first-order valence-corrected chi connectivity index (χ1v) is 20.2. The third kappa shape index (κ3) is 6.85. The van der Waals surface area contributed by atoms with E-state index < -0.39 is 88.1 Å². The second-order valence-corrected chi connectivity index (χ2v) is 17.3. The number of nitrogen functional groups attached to an aromatic ring is 1. The first-order chi connectivity index (χ1) is 23.7. The molecule has 0 saturated carbocycles. The second-order valence-electron chi connectivity index (χ2n) is 11.7. The van der Waals surface area contributed by atoms with Crippen molar-refractivity contribution in [3.05, 3.63) is 31.0 Å². The predicted molar refractivity (Wildman–Crippen MR) is 175 cm³/mol. The highest BCUT2D eigenvalue weighted by Crippen LogP contribution is 2.58. The Morgan fingerprint density at radius 3 is 2.36 bits per heavy atom. The number of aryl methyl sites for hydroxylation is 1. The van der Waals surface area contributed by atoms with Crippen molar-refractivity contribution >= 4 is 71.9 Å². The first kappa shape index (κ1) is 35.5. The van der Waals surface area contributed by atoms with E-state index in [0.29, 0.717) is 16.9 Å². The fourth-order valence-corrected chi connectivity index (χ4v) is 8.66. The lowest BCUT2D eigenvalue weighted by Crippen LogP contribution is -2.39. The van der Waals surface area contributed by atoms with Crippen LogP contribution < -0.4 is 5.73 Å². The number of imidazole rings is 2. The zero-order valence-corrected chi connectivity index (χ0v) is 29.8. The van der Waals surface area contributed by atoms with E-state index in [-0.39, 0.29) is 17.0 Å². The number of nitrogens with two attached hydrogens (primary N) is 1. The van der Waals surface area contributed by atoms with Crippen LogP contribution >= 0.6 is 25.8 Å². The predicted octanol–water partition coefficient (Wildman–Crippen LogP) is 1.71. The number of nitrogens with zero attached hydrogens (tertiary/aromatic N) is 8. The van der Waals surface area contributed by atoms with E-state index >= 15 is 0 Å². The molecule has 0 spiro atoms. The van der Waals surface area contributed by atoms with Gasteiger partial charge in [-0.1, -0.05) is 12.2 Å². The summed E-state index contributed by atoms with van der Waals surface area (Å²) in [5.74, 6) is 0.0889. The van der Waals surface area contributed by atoms with Gasteiger partial charge >= 0.3 is 19.7 Å². The fraction of sp³-hybridized carbons (Fsp3) is 0.560. The third-order valence-electron chi connectivity index (χ3n) is 7.95. The third-order valence-corrected chi connectivity index (χ3v) is 11.1. The first-order valence-electron chi connectivity index (χ1n) is 15.0. The molecule has 0 aromatic carbocycles. The summed E-state index contributed by atoms with van der Waals surface area (Å²) >= 11 is 9.54. The number of carbonyl (C=O) groups excluding carboxylic acids is 1. The van der Waals surface area contributed by atoms with Crippen LogP contribution in [0.25, 0.3) is 22.3 Å². The average molecular weight is 776 g/mol. The Morgan fingerprint density at radius 1 is 0.980 bits per heavy atom. The highest BCUT2D eigenvalue weighted by molar-refractivity contribution is 8.44.